The lowest BCUT2D eigenvalue weighted by Crippen LogP contribution is -2.46. The van der Waals surface area contributed by atoms with E-state index in [0.29, 0.717) is 52.5 Å². The molecule has 6 rings (SSSR count). The summed E-state index contributed by atoms with van der Waals surface area (Å²) in [6.45, 7) is 4.65. The van der Waals surface area contributed by atoms with Gasteiger partial charge in [-0.2, -0.15) is 5.10 Å². The zero-order chi connectivity index (χ0) is 35.7. The number of H-pyrrole nitrogens is 1. The van der Waals surface area contributed by atoms with E-state index in [1.807, 2.05) is 46.0 Å². The molecule has 2 aromatic heterocycles. The van der Waals surface area contributed by atoms with Crippen molar-refractivity contribution in [1.29, 1.82) is 0 Å². The van der Waals surface area contributed by atoms with Crippen LogP contribution in [0.3, 0.4) is 0 Å². The van der Waals surface area contributed by atoms with Gasteiger partial charge in [0.15, 0.2) is 11.6 Å². The summed E-state index contributed by atoms with van der Waals surface area (Å²) >= 11 is 0. The number of ether oxygens (including phenoxy) is 2. The van der Waals surface area contributed by atoms with E-state index >= 15 is 4.39 Å². The minimum Gasteiger partial charge on any atom is -0.497 e. The Morgan fingerprint density at radius 1 is 1.08 bits per heavy atom. The Morgan fingerprint density at radius 2 is 1.84 bits per heavy atom. The molecule has 0 saturated heterocycles. The number of aromatic nitrogens is 3. The van der Waals surface area contributed by atoms with E-state index in [1.54, 1.807) is 59.3 Å². The van der Waals surface area contributed by atoms with Crippen LogP contribution < -0.4 is 20.1 Å². The Hall–Kier alpha value is -5.95. The number of carbonyl (C=O) groups is 3. The second-order valence-corrected chi connectivity index (χ2v) is 12.3. The van der Waals surface area contributed by atoms with Crippen LogP contribution in [0.4, 0.5) is 14.9 Å². The first-order chi connectivity index (χ1) is 23.9. The number of amides is 3. The van der Waals surface area contributed by atoms with Crippen molar-refractivity contribution in [2.45, 2.75) is 13.8 Å². The number of likely N-dealkylation sites (N-methyl/N-ethyl adjacent to an activating group) is 1. The third-order valence-electron chi connectivity index (χ3n) is 8.63. The summed E-state index contributed by atoms with van der Waals surface area (Å²) in [6.07, 6.45) is 1.60. The lowest BCUT2D eigenvalue weighted by Gasteiger charge is -2.25. The van der Waals surface area contributed by atoms with Gasteiger partial charge >= 0.3 is 6.03 Å². The predicted molar refractivity (Wildman–Crippen MR) is 189 cm³/mol. The Labute approximate surface area is 288 Å². The molecule has 3 aromatic carbocycles. The number of methoxy groups -OCH3 is 1. The zero-order valence-corrected chi connectivity index (χ0v) is 28.7. The third kappa shape index (κ3) is 6.67. The summed E-state index contributed by atoms with van der Waals surface area (Å²) in [5, 5.41) is 10.7. The number of hydrogen-bond acceptors (Lipinski definition) is 7. The molecular weight excluding hydrogens is 641 g/mol. The Bertz CT molecular complexity index is 2150. The van der Waals surface area contributed by atoms with Gasteiger partial charge in [0.2, 0.25) is 5.78 Å². The van der Waals surface area contributed by atoms with Crippen molar-refractivity contribution in [3.63, 3.8) is 0 Å². The number of aryl methyl sites for hydroxylation is 2. The van der Waals surface area contributed by atoms with Crippen molar-refractivity contribution >= 4 is 40.4 Å². The van der Waals surface area contributed by atoms with Crippen molar-refractivity contribution in [3.05, 3.63) is 100 Å². The predicted octanol–water partition coefficient (Wildman–Crippen LogP) is 5.73. The second-order valence-electron chi connectivity index (χ2n) is 12.3. The van der Waals surface area contributed by atoms with Gasteiger partial charge in [0, 0.05) is 59.7 Å². The number of urea groups is 1. The molecule has 13 heteroatoms. The van der Waals surface area contributed by atoms with Gasteiger partial charge in [-0.3, -0.25) is 14.3 Å². The minimum absolute atomic E-state index is 0.0263. The number of benzene rings is 3. The van der Waals surface area contributed by atoms with Crippen LogP contribution in [0, 0.1) is 19.7 Å². The van der Waals surface area contributed by atoms with Gasteiger partial charge in [0.25, 0.3) is 5.91 Å². The van der Waals surface area contributed by atoms with E-state index in [1.165, 1.54) is 18.1 Å². The Kier molecular flexibility index (Phi) is 9.42. The first-order valence-corrected chi connectivity index (χ1v) is 16.0. The topological polar surface area (TPSA) is 134 Å². The normalized spacial score (nSPS) is 13.1. The quantitative estimate of drug-likeness (QED) is 0.127. The fourth-order valence-electron chi connectivity index (χ4n) is 5.88. The number of nitrogens with one attached hydrogen (secondary N) is 3. The number of anilines is 1. The van der Waals surface area contributed by atoms with Crippen LogP contribution >= 0.6 is 0 Å². The fraction of sp³-hybridized carbons (Fsp3) is 0.243. The van der Waals surface area contributed by atoms with Gasteiger partial charge < -0.3 is 34.9 Å². The summed E-state index contributed by atoms with van der Waals surface area (Å²) < 4.78 is 28.4. The van der Waals surface area contributed by atoms with E-state index in [2.05, 4.69) is 20.7 Å². The van der Waals surface area contributed by atoms with Gasteiger partial charge in [-0.05, 0) is 70.4 Å². The average molecular weight is 680 g/mol. The molecule has 0 bridgehead atoms. The SMILES string of the molecule is COc1cc(F)c2[nH]c(-c3c(C)nn(C)c3C)c(/C=C3\Oc4ccc(NC(=O)N(CCN(C)C)CNC(=O)c5ccccc5)cc4C3=O)c2c1. The second kappa shape index (κ2) is 13.9. The van der Waals surface area contributed by atoms with Crippen LogP contribution in [0.1, 0.15) is 37.7 Å². The monoisotopic (exact) mass is 679 g/mol. The number of hydrogen-bond donors (Lipinski definition) is 3. The highest BCUT2D eigenvalue weighted by Crippen LogP contribution is 2.40. The lowest BCUT2D eigenvalue weighted by atomic mass is 10.0. The van der Waals surface area contributed by atoms with Gasteiger partial charge in [0.05, 0.1) is 36.2 Å². The molecule has 3 N–H and O–H groups in total. The molecule has 0 fully saturated rings. The summed E-state index contributed by atoms with van der Waals surface area (Å²) in [4.78, 5) is 46.5. The lowest BCUT2D eigenvalue weighted by molar-refractivity contribution is 0.0931. The molecule has 0 saturated carbocycles. The number of nitrogens with zero attached hydrogens (tertiary/aromatic N) is 4. The molecule has 12 nitrogen and oxygen atoms in total. The van der Waals surface area contributed by atoms with Crippen LogP contribution in [0.25, 0.3) is 28.2 Å². The van der Waals surface area contributed by atoms with Gasteiger partial charge in [-0.15, -0.1) is 0 Å². The third-order valence-corrected chi connectivity index (χ3v) is 8.63. The first-order valence-electron chi connectivity index (χ1n) is 16.0. The molecule has 1 aliphatic rings. The van der Waals surface area contributed by atoms with Crippen molar-refractivity contribution in [3.8, 4) is 22.8 Å². The maximum Gasteiger partial charge on any atom is 0.323 e. The largest absolute Gasteiger partial charge is 0.497 e. The highest BCUT2D eigenvalue weighted by Gasteiger charge is 2.30. The van der Waals surface area contributed by atoms with Crippen molar-refractivity contribution in [2.75, 3.05) is 46.3 Å². The molecule has 0 unspecified atom stereocenters. The van der Waals surface area contributed by atoms with E-state index < -0.39 is 17.6 Å². The fourth-order valence-corrected chi connectivity index (χ4v) is 5.88. The Morgan fingerprint density at radius 3 is 2.52 bits per heavy atom. The van der Waals surface area contributed by atoms with E-state index in [-0.39, 0.29) is 29.4 Å². The van der Waals surface area contributed by atoms with Gasteiger partial charge in [0.1, 0.15) is 11.5 Å². The summed E-state index contributed by atoms with van der Waals surface area (Å²) in [5.41, 5.74) is 4.84. The molecule has 1 aliphatic heterocycles. The van der Waals surface area contributed by atoms with E-state index in [0.717, 1.165) is 17.0 Å². The maximum atomic E-state index is 15.3. The number of halogens is 1. The number of allylic oxidation sites excluding steroid dienone is 1. The van der Waals surface area contributed by atoms with Crippen LogP contribution in [-0.2, 0) is 7.05 Å². The molecule has 0 atom stereocenters. The number of ketones is 1. The molecule has 3 heterocycles. The van der Waals surface area contributed by atoms with Gasteiger partial charge in [-0.1, -0.05) is 18.2 Å². The van der Waals surface area contributed by atoms with Crippen molar-refractivity contribution in [1.82, 2.24) is 29.9 Å². The summed E-state index contributed by atoms with van der Waals surface area (Å²) in [6, 6.07) is 16.1. The number of fused-ring (bicyclic) bond motifs is 2. The molecule has 50 heavy (non-hydrogen) atoms. The number of carbonyl (C=O) groups excluding carboxylic acids is 3. The molecule has 3 amide bonds. The molecule has 5 aromatic rings. The standard InChI is InChI=1S/C37H38FN7O5/c1-21-32(22(2)44(5)42-21)34-27(26-17-25(49-6)18-29(38)33(26)41-34)19-31-35(46)28-16-24(12-13-30(28)50-31)40-37(48)45(15-14-43(3)4)20-39-36(47)23-10-8-7-9-11-23/h7-13,16-19,41H,14-15,20H2,1-6H3,(H,39,47)(H,40,48)/b31-19-. The molecule has 0 spiro atoms. The summed E-state index contributed by atoms with van der Waals surface area (Å²) in [5.74, 6) is -0.547. The van der Waals surface area contributed by atoms with Gasteiger partial charge in [-0.25, -0.2) is 9.18 Å². The van der Waals surface area contributed by atoms with Crippen LogP contribution in [0.15, 0.2) is 66.4 Å². The highest BCUT2D eigenvalue weighted by atomic mass is 19.1. The van der Waals surface area contributed by atoms with E-state index in [4.69, 9.17) is 9.47 Å². The number of aromatic amines is 1. The number of rotatable bonds is 10. The minimum atomic E-state index is -0.508. The Balaban J connectivity index is 1.28. The van der Waals surface area contributed by atoms with Crippen LogP contribution in [0.5, 0.6) is 11.5 Å². The summed E-state index contributed by atoms with van der Waals surface area (Å²) in [7, 11) is 7.07. The van der Waals surface area contributed by atoms with Crippen molar-refractivity contribution < 1.29 is 28.2 Å². The molecule has 0 radical (unpaired) electrons. The highest BCUT2D eigenvalue weighted by molar-refractivity contribution is 6.16. The average Bonchev–Trinajstić information content (AvgIpc) is 3.70. The number of Topliss-reactive ketones (excluding diaryl/α,β-unsaturated/α-hetero) is 1. The molecule has 258 valence electrons. The maximum absolute atomic E-state index is 15.3. The first kappa shape index (κ1) is 33.9. The zero-order valence-electron chi connectivity index (χ0n) is 28.7. The smallest absolute Gasteiger partial charge is 0.323 e. The van der Waals surface area contributed by atoms with Crippen LogP contribution in [-0.4, -0.2) is 83.2 Å². The van der Waals surface area contributed by atoms with Crippen LogP contribution in [0.2, 0.25) is 0 Å². The van der Waals surface area contributed by atoms with E-state index in [9.17, 15) is 14.4 Å². The molecule has 0 aliphatic carbocycles. The van der Waals surface area contributed by atoms with Crippen molar-refractivity contribution in [2.24, 2.45) is 7.05 Å². The molecular formula is C37H38FN7O5.